The summed E-state index contributed by atoms with van der Waals surface area (Å²) >= 11 is 0. The Morgan fingerprint density at radius 2 is 2.14 bits per heavy atom. The second kappa shape index (κ2) is 6.30. The Balaban J connectivity index is 2.24. The average Bonchev–Trinajstić information content (AvgIpc) is 2.25. The fourth-order valence-corrected chi connectivity index (χ4v) is 1.60. The highest BCUT2D eigenvalue weighted by molar-refractivity contribution is 5.07. The van der Waals surface area contributed by atoms with Crippen LogP contribution in [0.3, 0.4) is 0 Å². The van der Waals surface area contributed by atoms with E-state index in [4.69, 9.17) is 9.47 Å². The van der Waals surface area contributed by atoms with E-state index < -0.39 is 0 Å². The molecule has 1 aliphatic rings. The molecule has 1 atom stereocenters. The minimum atomic E-state index is 0.639. The third-order valence-electron chi connectivity index (χ3n) is 2.45. The van der Waals surface area contributed by atoms with Crippen molar-refractivity contribution in [1.82, 2.24) is 0 Å². The number of rotatable bonds is 6. The predicted octanol–water partition coefficient (Wildman–Crippen LogP) is 3.03. The predicted molar refractivity (Wildman–Crippen MR) is 57.7 cm³/mol. The fraction of sp³-hybridized carbons (Fsp3) is 0.500. The second-order valence-electron chi connectivity index (χ2n) is 3.48. The van der Waals surface area contributed by atoms with E-state index in [-0.39, 0.29) is 0 Å². The second-order valence-corrected chi connectivity index (χ2v) is 3.48. The summed E-state index contributed by atoms with van der Waals surface area (Å²) in [5, 5.41) is 0. The van der Waals surface area contributed by atoms with Crippen molar-refractivity contribution in [3.05, 3.63) is 37.3 Å². The van der Waals surface area contributed by atoms with Crippen molar-refractivity contribution in [2.75, 3.05) is 13.2 Å². The van der Waals surface area contributed by atoms with Crippen LogP contribution in [0.15, 0.2) is 37.3 Å². The summed E-state index contributed by atoms with van der Waals surface area (Å²) in [4.78, 5) is 0. The van der Waals surface area contributed by atoms with Crippen molar-refractivity contribution >= 4 is 0 Å². The van der Waals surface area contributed by atoms with Crippen molar-refractivity contribution in [2.24, 2.45) is 5.92 Å². The molecule has 0 saturated heterocycles. The van der Waals surface area contributed by atoms with Crippen molar-refractivity contribution in [3.63, 3.8) is 0 Å². The van der Waals surface area contributed by atoms with Gasteiger partial charge >= 0.3 is 0 Å². The number of ether oxygens (including phenoxy) is 2. The lowest BCUT2D eigenvalue weighted by Crippen LogP contribution is -2.12. The summed E-state index contributed by atoms with van der Waals surface area (Å²) in [6.45, 7) is 8.53. The lowest BCUT2D eigenvalue weighted by atomic mass is 9.90. The first-order chi connectivity index (χ1) is 6.86. The van der Waals surface area contributed by atoms with Gasteiger partial charge in [0.05, 0.1) is 19.1 Å². The maximum Gasteiger partial charge on any atom is 0.108 e. The Labute approximate surface area is 85.9 Å². The molecule has 0 radical (unpaired) electrons. The molecule has 1 aliphatic carbocycles. The quantitative estimate of drug-likeness (QED) is 0.478. The molecule has 0 aromatic carbocycles. The topological polar surface area (TPSA) is 18.5 Å². The standard InChI is InChI=1S/C12H18O2/c1-3-13-9-11-5-7-12(8-6-11)10-14-4-2/h3-5,12H,1-2,6-10H2. The first kappa shape index (κ1) is 10.9. The zero-order valence-corrected chi connectivity index (χ0v) is 8.58. The summed E-state index contributed by atoms with van der Waals surface area (Å²) in [7, 11) is 0. The van der Waals surface area contributed by atoms with Gasteiger partial charge in [-0.25, -0.2) is 0 Å². The van der Waals surface area contributed by atoms with Crippen LogP contribution in [0.25, 0.3) is 0 Å². The summed E-state index contributed by atoms with van der Waals surface area (Å²) in [5.41, 5.74) is 1.37. The maximum absolute atomic E-state index is 5.18. The van der Waals surface area contributed by atoms with Gasteiger partial charge in [0.25, 0.3) is 0 Å². The Morgan fingerprint density at radius 1 is 1.36 bits per heavy atom. The first-order valence-electron chi connectivity index (χ1n) is 4.99. The summed E-state index contributed by atoms with van der Waals surface area (Å²) in [5.74, 6) is 0.639. The van der Waals surface area contributed by atoms with Crippen molar-refractivity contribution in [3.8, 4) is 0 Å². The Morgan fingerprint density at radius 3 is 2.71 bits per heavy atom. The first-order valence-corrected chi connectivity index (χ1v) is 4.99. The van der Waals surface area contributed by atoms with Crippen LogP contribution in [-0.2, 0) is 9.47 Å². The highest BCUT2D eigenvalue weighted by atomic mass is 16.5. The van der Waals surface area contributed by atoms with Gasteiger partial charge in [-0.3, -0.25) is 0 Å². The van der Waals surface area contributed by atoms with Crippen molar-refractivity contribution < 1.29 is 9.47 Å². The highest BCUT2D eigenvalue weighted by Gasteiger charge is 2.14. The van der Waals surface area contributed by atoms with Crippen LogP contribution < -0.4 is 0 Å². The summed E-state index contributed by atoms with van der Waals surface area (Å²) < 4.78 is 10.3. The molecule has 78 valence electrons. The van der Waals surface area contributed by atoms with Crippen LogP contribution in [-0.4, -0.2) is 13.2 Å². The monoisotopic (exact) mass is 194 g/mol. The largest absolute Gasteiger partial charge is 0.502 e. The molecule has 0 aromatic rings. The number of hydrogen-bond donors (Lipinski definition) is 0. The molecular formula is C12H18O2. The molecule has 0 spiro atoms. The van der Waals surface area contributed by atoms with Gasteiger partial charge in [-0.05, 0) is 30.8 Å². The van der Waals surface area contributed by atoms with E-state index in [1.165, 1.54) is 24.5 Å². The molecule has 0 heterocycles. The Hall–Kier alpha value is -1.18. The van der Waals surface area contributed by atoms with E-state index in [9.17, 15) is 0 Å². The number of allylic oxidation sites excluding steroid dienone is 1. The average molecular weight is 194 g/mol. The zero-order valence-electron chi connectivity index (χ0n) is 8.58. The number of hydrogen-bond acceptors (Lipinski definition) is 2. The zero-order chi connectivity index (χ0) is 10.2. The fourth-order valence-electron chi connectivity index (χ4n) is 1.60. The molecule has 1 unspecified atom stereocenters. The minimum Gasteiger partial charge on any atom is -0.502 e. The summed E-state index contributed by atoms with van der Waals surface area (Å²) in [6.07, 6.45) is 8.64. The van der Waals surface area contributed by atoms with E-state index in [2.05, 4.69) is 19.2 Å². The summed E-state index contributed by atoms with van der Waals surface area (Å²) in [6, 6.07) is 0. The molecule has 0 amide bonds. The highest BCUT2D eigenvalue weighted by Crippen LogP contribution is 2.23. The van der Waals surface area contributed by atoms with Crippen LogP contribution in [0.4, 0.5) is 0 Å². The van der Waals surface area contributed by atoms with Crippen LogP contribution in [0.2, 0.25) is 0 Å². The van der Waals surface area contributed by atoms with Crippen LogP contribution in [0, 0.1) is 5.92 Å². The maximum atomic E-state index is 5.18. The molecule has 14 heavy (non-hydrogen) atoms. The molecule has 2 nitrogen and oxygen atoms in total. The van der Waals surface area contributed by atoms with E-state index in [1.54, 1.807) is 0 Å². The molecular weight excluding hydrogens is 176 g/mol. The van der Waals surface area contributed by atoms with Gasteiger partial charge in [-0.15, -0.1) is 0 Å². The molecule has 0 fully saturated rings. The Kier molecular flexibility index (Phi) is 4.90. The van der Waals surface area contributed by atoms with Gasteiger partial charge in [0.15, 0.2) is 0 Å². The molecule has 0 aliphatic heterocycles. The van der Waals surface area contributed by atoms with Crippen molar-refractivity contribution in [1.29, 1.82) is 0 Å². The third kappa shape index (κ3) is 3.69. The molecule has 0 aromatic heterocycles. The van der Waals surface area contributed by atoms with Crippen molar-refractivity contribution in [2.45, 2.75) is 19.3 Å². The third-order valence-corrected chi connectivity index (χ3v) is 2.45. The van der Waals surface area contributed by atoms with Gasteiger partial charge in [0.2, 0.25) is 0 Å². The lowest BCUT2D eigenvalue weighted by Gasteiger charge is -2.20. The normalized spacial score (nSPS) is 20.9. The molecule has 1 rings (SSSR count). The van der Waals surface area contributed by atoms with Gasteiger partial charge in [-0.1, -0.05) is 19.2 Å². The molecule has 0 N–H and O–H groups in total. The van der Waals surface area contributed by atoms with Crippen LogP contribution >= 0.6 is 0 Å². The molecule has 0 bridgehead atoms. The van der Waals surface area contributed by atoms with E-state index in [1.807, 2.05) is 0 Å². The molecule has 0 saturated carbocycles. The van der Waals surface area contributed by atoms with E-state index in [0.717, 1.165) is 19.4 Å². The van der Waals surface area contributed by atoms with E-state index in [0.29, 0.717) is 12.5 Å². The molecule has 2 heteroatoms. The lowest BCUT2D eigenvalue weighted by molar-refractivity contribution is 0.183. The Bertz CT molecular complexity index is 218. The van der Waals surface area contributed by atoms with Crippen LogP contribution in [0.1, 0.15) is 19.3 Å². The smallest absolute Gasteiger partial charge is 0.108 e. The van der Waals surface area contributed by atoms with E-state index >= 15 is 0 Å². The van der Waals surface area contributed by atoms with Gasteiger partial charge < -0.3 is 9.47 Å². The van der Waals surface area contributed by atoms with Crippen LogP contribution in [0.5, 0.6) is 0 Å². The SMILES string of the molecule is C=COCC1=CCC(COC=C)CC1. The van der Waals surface area contributed by atoms with Gasteiger partial charge in [0.1, 0.15) is 6.61 Å². The van der Waals surface area contributed by atoms with Gasteiger partial charge in [0, 0.05) is 0 Å². The minimum absolute atomic E-state index is 0.639. The van der Waals surface area contributed by atoms with Gasteiger partial charge in [-0.2, -0.15) is 0 Å².